The molecule has 4 N–H and O–H groups in total. The Bertz CT molecular complexity index is 246. The summed E-state index contributed by atoms with van der Waals surface area (Å²) in [7, 11) is 0. The first-order valence-electron chi connectivity index (χ1n) is 4.99. The Kier molecular flexibility index (Phi) is 4.74. The Morgan fingerprint density at radius 1 is 1.40 bits per heavy atom. The second-order valence-corrected chi connectivity index (χ2v) is 4.66. The normalized spacial score (nSPS) is 15.5. The topological polar surface area (TPSA) is 92.4 Å². The molecule has 0 spiro atoms. The summed E-state index contributed by atoms with van der Waals surface area (Å²) in [6.45, 7) is 7.04. The molecule has 2 unspecified atom stereocenters. The van der Waals surface area contributed by atoms with Crippen molar-refractivity contribution in [3.63, 3.8) is 0 Å². The highest BCUT2D eigenvalue weighted by Gasteiger charge is 2.33. The number of amides is 1. The van der Waals surface area contributed by atoms with E-state index in [1.807, 2.05) is 0 Å². The highest BCUT2D eigenvalue weighted by Crippen LogP contribution is 2.19. The fraction of sp³-hybridized carbons (Fsp3) is 0.800. The maximum atomic E-state index is 11.4. The van der Waals surface area contributed by atoms with Crippen LogP contribution in [-0.4, -0.2) is 29.1 Å². The van der Waals surface area contributed by atoms with E-state index >= 15 is 0 Å². The first-order chi connectivity index (χ1) is 6.70. The summed E-state index contributed by atoms with van der Waals surface area (Å²) >= 11 is 0. The molecule has 1 amide bonds. The van der Waals surface area contributed by atoms with E-state index in [0.717, 1.165) is 0 Å². The molecule has 15 heavy (non-hydrogen) atoms. The van der Waals surface area contributed by atoms with Crippen LogP contribution in [0.5, 0.6) is 0 Å². The van der Waals surface area contributed by atoms with E-state index in [1.165, 1.54) is 0 Å². The first-order valence-corrected chi connectivity index (χ1v) is 4.99. The average Bonchev–Trinajstić information content (AvgIpc) is 2.09. The summed E-state index contributed by atoms with van der Waals surface area (Å²) in [6.07, 6.45) is 0.488. The molecule has 88 valence electrons. The van der Waals surface area contributed by atoms with Gasteiger partial charge in [-0.3, -0.25) is 4.79 Å². The molecular weight excluding hydrogens is 196 g/mol. The van der Waals surface area contributed by atoms with Crippen LogP contribution in [0.3, 0.4) is 0 Å². The monoisotopic (exact) mass is 216 g/mol. The van der Waals surface area contributed by atoms with Crippen LogP contribution in [0.1, 0.15) is 34.1 Å². The maximum absolute atomic E-state index is 11.4. The van der Waals surface area contributed by atoms with Crippen molar-refractivity contribution in [1.82, 2.24) is 5.32 Å². The van der Waals surface area contributed by atoms with Crippen molar-refractivity contribution in [2.24, 2.45) is 11.1 Å². The van der Waals surface area contributed by atoms with Crippen molar-refractivity contribution in [3.8, 4) is 0 Å². The van der Waals surface area contributed by atoms with Gasteiger partial charge in [-0.15, -0.1) is 0 Å². The van der Waals surface area contributed by atoms with Gasteiger partial charge in [-0.05, 0) is 11.8 Å². The second-order valence-electron chi connectivity index (χ2n) is 4.66. The molecule has 0 aliphatic heterocycles. The van der Waals surface area contributed by atoms with Crippen molar-refractivity contribution in [2.45, 2.75) is 46.2 Å². The number of rotatable bonds is 4. The van der Waals surface area contributed by atoms with Crippen LogP contribution in [-0.2, 0) is 9.59 Å². The third-order valence-electron chi connectivity index (χ3n) is 2.18. The number of nitrogens with one attached hydrogen (secondary N) is 1. The first kappa shape index (κ1) is 13.9. The molecule has 2 atom stereocenters. The summed E-state index contributed by atoms with van der Waals surface area (Å²) < 4.78 is 0. The Morgan fingerprint density at radius 3 is 2.13 bits per heavy atom. The SMILES string of the molecule is CCC(N)C(=O)NC(C(=O)O)C(C)(C)C. The van der Waals surface area contributed by atoms with Gasteiger partial charge in [-0.1, -0.05) is 27.7 Å². The molecule has 5 heteroatoms. The molecule has 0 aliphatic rings. The highest BCUT2D eigenvalue weighted by molar-refractivity contribution is 5.87. The summed E-state index contributed by atoms with van der Waals surface area (Å²) in [6, 6.07) is -1.56. The van der Waals surface area contributed by atoms with Gasteiger partial charge in [0.2, 0.25) is 5.91 Å². The van der Waals surface area contributed by atoms with Crippen molar-refractivity contribution >= 4 is 11.9 Å². The van der Waals surface area contributed by atoms with Crippen molar-refractivity contribution in [2.75, 3.05) is 0 Å². The third kappa shape index (κ3) is 4.29. The molecule has 0 aromatic rings. The average molecular weight is 216 g/mol. The van der Waals surface area contributed by atoms with Gasteiger partial charge in [0.15, 0.2) is 0 Å². The van der Waals surface area contributed by atoms with Crippen LogP contribution in [0.4, 0.5) is 0 Å². The zero-order valence-corrected chi connectivity index (χ0v) is 9.70. The Morgan fingerprint density at radius 2 is 1.87 bits per heavy atom. The minimum atomic E-state index is -1.04. The van der Waals surface area contributed by atoms with Crippen LogP contribution < -0.4 is 11.1 Å². The number of carbonyl (C=O) groups is 2. The third-order valence-corrected chi connectivity index (χ3v) is 2.18. The van der Waals surface area contributed by atoms with E-state index in [2.05, 4.69) is 5.32 Å². The van der Waals surface area contributed by atoms with E-state index in [-0.39, 0.29) is 0 Å². The molecule has 0 bridgehead atoms. The molecule has 0 rings (SSSR count). The van der Waals surface area contributed by atoms with E-state index in [1.54, 1.807) is 27.7 Å². The Hall–Kier alpha value is -1.10. The second kappa shape index (κ2) is 5.11. The van der Waals surface area contributed by atoms with Gasteiger partial charge < -0.3 is 16.2 Å². The van der Waals surface area contributed by atoms with Gasteiger partial charge in [-0.2, -0.15) is 0 Å². The number of hydrogen-bond donors (Lipinski definition) is 3. The van der Waals surface area contributed by atoms with E-state index in [4.69, 9.17) is 10.8 Å². The predicted molar refractivity (Wildman–Crippen MR) is 57.3 cm³/mol. The van der Waals surface area contributed by atoms with Gasteiger partial charge in [0.1, 0.15) is 6.04 Å². The molecule has 0 radical (unpaired) electrons. The summed E-state index contributed by atoms with van der Waals surface area (Å²) in [5.41, 5.74) is 4.97. The lowest BCUT2D eigenvalue weighted by molar-refractivity contribution is -0.145. The molecular formula is C10H20N2O3. The molecule has 0 saturated heterocycles. The zero-order chi connectivity index (χ0) is 12.2. The number of carboxylic acids is 1. The Balaban J connectivity index is 4.58. The fourth-order valence-corrected chi connectivity index (χ4v) is 1.08. The van der Waals surface area contributed by atoms with Gasteiger partial charge in [0.05, 0.1) is 6.04 Å². The van der Waals surface area contributed by atoms with Crippen LogP contribution in [0.15, 0.2) is 0 Å². The number of nitrogens with two attached hydrogens (primary N) is 1. The number of hydrogen-bond acceptors (Lipinski definition) is 3. The minimum Gasteiger partial charge on any atom is -0.480 e. The lowest BCUT2D eigenvalue weighted by Gasteiger charge is -2.28. The van der Waals surface area contributed by atoms with Gasteiger partial charge in [-0.25, -0.2) is 4.79 Å². The number of aliphatic carboxylic acids is 1. The predicted octanol–water partition coefficient (Wildman–Crippen LogP) is 0.339. The number of carbonyl (C=O) groups excluding carboxylic acids is 1. The molecule has 0 heterocycles. The maximum Gasteiger partial charge on any atom is 0.326 e. The largest absolute Gasteiger partial charge is 0.480 e. The molecule has 5 nitrogen and oxygen atoms in total. The van der Waals surface area contributed by atoms with Crippen LogP contribution in [0.25, 0.3) is 0 Å². The summed E-state index contributed by atoms with van der Waals surface area (Å²) in [5.74, 6) is -1.46. The molecule has 0 aliphatic carbocycles. The molecule has 0 aromatic carbocycles. The highest BCUT2D eigenvalue weighted by atomic mass is 16.4. The molecule has 0 fully saturated rings. The van der Waals surface area contributed by atoms with Crippen LogP contribution in [0.2, 0.25) is 0 Å². The molecule has 0 aromatic heterocycles. The minimum absolute atomic E-state index is 0.417. The van der Waals surface area contributed by atoms with Gasteiger partial charge in [0.25, 0.3) is 0 Å². The summed E-state index contributed by atoms with van der Waals surface area (Å²) in [4.78, 5) is 22.4. The summed E-state index contributed by atoms with van der Waals surface area (Å²) in [5, 5.41) is 11.4. The van der Waals surface area contributed by atoms with E-state index < -0.39 is 29.4 Å². The van der Waals surface area contributed by atoms with Crippen molar-refractivity contribution in [3.05, 3.63) is 0 Å². The fourth-order valence-electron chi connectivity index (χ4n) is 1.08. The molecule has 0 saturated carbocycles. The lowest BCUT2D eigenvalue weighted by Crippen LogP contribution is -2.53. The van der Waals surface area contributed by atoms with E-state index in [9.17, 15) is 9.59 Å². The van der Waals surface area contributed by atoms with Crippen molar-refractivity contribution in [1.29, 1.82) is 0 Å². The van der Waals surface area contributed by atoms with Crippen LogP contribution in [0, 0.1) is 5.41 Å². The zero-order valence-electron chi connectivity index (χ0n) is 9.70. The quantitative estimate of drug-likeness (QED) is 0.631. The van der Waals surface area contributed by atoms with E-state index in [0.29, 0.717) is 6.42 Å². The van der Waals surface area contributed by atoms with Gasteiger partial charge in [0, 0.05) is 0 Å². The van der Waals surface area contributed by atoms with Crippen molar-refractivity contribution < 1.29 is 14.7 Å². The lowest BCUT2D eigenvalue weighted by atomic mass is 9.86. The van der Waals surface area contributed by atoms with Gasteiger partial charge >= 0.3 is 5.97 Å². The Labute approximate surface area is 90.0 Å². The smallest absolute Gasteiger partial charge is 0.326 e. The number of carboxylic acid groups (broad SMARTS) is 1. The standard InChI is InChI=1S/C10H20N2O3/c1-5-6(11)8(13)12-7(9(14)15)10(2,3)4/h6-7H,5,11H2,1-4H3,(H,12,13)(H,14,15). The van der Waals surface area contributed by atoms with Crippen LogP contribution >= 0.6 is 0 Å².